The minimum Gasteiger partial charge on any atom is -0.508 e. The number of para-hydroxylation sites is 1. The fourth-order valence-corrected chi connectivity index (χ4v) is 1.66. The Bertz CT molecular complexity index is 534. The summed E-state index contributed by atoms with van der Waals surface area (Å²) in [4.78, 5) is 3.69. The molecular formula is C12H11F3N2O. The van der Waals surface area contributed by atoms with Gasteiger partial charge in [0.05, 0.1) is 6.54 Å². The van der Waals surface area contributed by atoms with E-state index >= 15 is 0 Å². The zero-order chi connectivity index (χ0) is 13.2. The maximum absolute atomic E-state index is 12.3. The number of aromatic hydroxyl groups is 1. The van der Waals surface area contributed by atoms with Gasteiger partial charge in [0.25, 0.3) is 0 Å². The topological polar surface area (TPSA) is 38.0 Å². The van der Waals surface area contributed by atoms with E-state index in [1.165, 1.54) is 23.0 Å². The molecule has 0 aliphatic heterocycles. The Balaban J connectivity index is 2.21. The van der Waals surface area contributed by atoms with Crippen molar-refractivity contribution in [2.24, 2.45) is 0 Å². The number of halogens is 3. The van der Waals surface area contributed by atoms with Gasteiger partial charge >= 0.3 is 6.18 Å². The van der Waals surface area contributed by atoms with Crippen LogP contribution < -0.4 is 0 Å². The number of phenolic OH excluding ortho intramolecular Hbond substituents is 1. The van der Waals surface area contributed by atoms with Crippen LogP contribution in [0.1, 0.15) is 11.4 Å². The first-order chi connectivity index (χ1) is 8.46. The third kappa shape index (κ3) is 3.03. The van der Waals surface area contributed by atoms with Gasteiger partial charge in [-0.25, -0.2) is 4.98 Å². The van der Waals surface area contributed by atoms with Crippen LogP contribution in [0.25, 0.3) is 0 Å². The highest BCUT2D eigenvalue weighted by Crippen LogP contribution is 2.22. The third-order valence-electron chi connectivity index (χ3n) is 2.49. The molecule has 6 heteroatoms. The maximum atomic E-state index is 12.3. The van der Waals surface area contributed by atoms with Crippen LogP contribution in [0.2, 0.25) is 0 Å². The standard InChI is InChI=1S/C12H11F3N2O/c13-12(14,15)7-11-16-5-6-17(11)8-9-3-1-2-4-10(9)18/h1-6,18H,7-8H2. The molecule has 0 aliphatic carbocycles. The normalized spacial score (nSPS) is 11.7. The number of rotatable bonds is 3. The molecule has 0 saturated carbocycles. The first-order valence-corrected chi connectivity index (χ1v) is 5.29. The van der Waals surface area contributed by atoms with Crippen molar-refractivity contribution in [3.05, 3.63) is 48.0 Å². The van der Waals surface area contributed by atoms with Crippen molar-refractivity contribution in [1.29, 1.82) is 0 Å². The largest absolute Gasteiger partial charge is 0.508 e. The van der Waals surface area contributed by atoms with E-state index in [1.807, 2.05) is 0 Å². The summed E-state index contributed by atoms with van der Waals surface area (Å²) in [6.07, 6.45) is -2.58. The molecule has 1 N–H and O–H groups in total. The van der Waals surface area contributed by atoms with Crippen LogP contribution in [-0.2, 0) is 13.0 Å². The van der Waals surface area contributed by atoms with Crippen LogP contribution in [0.3, 0.4) is 0 Å². The quantitative estimate of drug-likeness (QED) is 0.916. The highest BCUT2D eigenvalue weighted by molar-refractivity contribution is 5.32. The molecule has 0 atom stereocenters. The van der Waals surface area contributed by atoms with Gasteiger partial charge in [-0.1, -0.05) is 18.2 Å². The molecular weight excluding hydrogens is 245 g/mol. The predicted molar refractivity (Wildman–Crippen MR) is 59.2 cm³/mol. The summed E-state index contributed by atoms with van der Waals surface area (Å²) in [5.41, 5.74) is 0.555. The molecule has 3 nitrogen and oxygen atoms in total. The molecule has 96 valence electrons. The van der Waals surface area contributed by atoms with Crippen LogP contribution in [0.5, 0.6) is 5.75 Å². The molecule has 0 aliphatic rings. The predicted octanol–water partition coefficient (Wildman–Crippen LogP) is 2.74. The van der Waals surface area contributed by atoms with Gasteiger partial charge in [-0.3, -0.25) is 0 Å². The lowest BCUT2D eigenvalue weighted by atomic mass is 10.2. The van der Waals surface area contributed by atoms with E-state index in [4.69, 9.17) is 0 Å². The van der Waals surface area contributed by atoms with E-state index in [9.17, 15) is 18.3 Å². The van der Waals surface area contributed by atoms with Gasteiger partial charge in [-0.2, -0.15) is 13.2 Å². The lowest BCUT2D eigenvalue weighted by Gasteiger charge is -2.10. The van der Waals surface area contributed by atoms with E-state index < -0.39 is 12.6 Å². The Morgan fingerprint density at radius 2 is 1.94 bits per heavy atom. The summed E-state index contributed by atoms with van der Waals surface area (Å²) in [7, 11) is 0. The van der Waals surface area contributed by atoms with Crippen LogP contribution in [0, 0.1) is 0 Å². The van der Waals surface area contributed by atoms with Crippen molar-refractivity contribution in [3.63, 3.8) is 0 Å². The fourth-order valence-electron chi connectivity index (χ4n) is 1.66. The molecule has 2 aromatic rings. The molecule has 0 fully saturated rings. The minimum absolute atomic E-state index is 0.0594. The Kier molecular flexibility index (Phi) is 3.27. The lowest BCUT2D eigenvalue weighted by molar-refractivity contribution is -0.128. The average Bonchev–Trinajstić information content (AvgIpc) is 2.67. The molecule has 2 rings (SSSR count). The number of benzene rings is 1. The molecule has 0 bridgehead atoms. The van der Waals surface area contributed by atoms with Crippen LogP contribution in [0.4, 0.5) is 13.2 Å². The first-order valence-electron chi connectivity index (χ1n) is 5.29. The second-order valence-corrected chi connectivity index (χ2v) is 3.89. The van der Waals surface area contributed by atoms with E-state index in [0.29, 0.717) is 5.56 Å². The Morgan fingerprint density at radius 1 is 1.22 bits per heavy atom. The summed E-state index contributed by atoms with van der Waals surface area (Å²) in [6, 6.07) is 6.53. The van der Waals surface area contributed by atoms with Crippen molar-refractivity contribution >= 4 is 0 Å². The lowest BCUT2D eigenvalue weighted by Crippen LogP contribution is -2.16. The summed E-state index contributed by atoms with van der Waals surface area (Å²) in [6.45, 7) is 0.165. The second kappa shape index (κ2) is 4.72. The number of nitrogens with zero attached hydrogens (tertiary/aromatic N) is 2. The van der Waals surface area contributed by atoms with Crippen molar-refractivity contribution in [3.8, 4) is 5.75 Å². The highest BCUT2D eigenvalue weighted by Gasteiger charge is 2.30. The van der Waals surface area contributed by atoms with Crippen molar-refractivity contribution < 1.29 is 18.3 Å². The number of alkyl halides is 3. The SMILES string of the molecule is Oc1ccccc1Cn1ccnc1CC(F)(F)F. The fraction of sp³-hybridized carbons (Fsp3) is 0.250. The number of phenols is 1. The molecule has 0 unspecified atom stereocenters. The highest BCUT2D eigenvalue weighted by atomic mass is 19.4. The molecule has 0 radical (unpaired) electrons. The van der Waals surface area contributed by atoms with E-state index in [0.717, 1.165) is 0 Å². The van der Waals surface area contributed by atoms with Gasteiger partial charge in [-0.15, -0.1) is 0 Å². The zero-order valence-electron chi connectivity index (χ0n) is 9.35. The molecule has 1 aromatic heterocycles. The van der Waals surface area contributed by atoms with Gasteiger partial charge in [0.1, 0.15) is 18.0 Å². The summed E-state index contributed by atoms with van der Waals surface area (Å²) < 4.78 is 38.3. The van der Waals surface area contributed by atoms with Crippen LogP contribution >= 0.6 is 0 Å². The minimum atomic E-state index is -4.29. The number of imidazole rings is 1. The van der Waals surface area contributed by atoms with E-state index in [-0.39, 0.29) is 18.1 Å². The number of hydrogen-bond acceptors (Lipinski definition) is 2. The number of aromatic nitrogens is 2. The average molecular weight is 256 g/mol. The van der Waals surface area contributed by atoms with Gasteiger partial charge in [0.2, 0.25) is 0 Å². The zero-order valence-corrected chi connectivity index (χ0v) is 9.35. The number of hydrogen-bond donors (Lipinski definition) is 1. The first kappa shape index (κ1) is 12.5. The van der Waals surface area contributed by atoms with Crippen LogP contribution in [0.15, 0.2) is 36.7 Å². The molecule has 0 spiro atoms. The van der Waals surface area contributed by atoms with Crippen LogP contribution in [-0.4, -0.2) is 20.8 Å². The molecule has 18 heavy (non-hydrogen) atoms. The van der Waals surface area contributed by atoms with Gasteiger partial charge in [0, 0.05) is 18.0 Å². The monoisotopic (exact) mass is 256 g/mol. The third-order valence-corrected chi connectivity index (χ3v) is 2.49. The summed E-state index contributed by atoms with van der Waals surface area (Å²) >= 11 is 0. The smallest absolute Gasteiger partial charge is 0.396 e. The Hall–Kier alpha value is -1.98. The summed E-state index contributed by atoms with van der Waals surface area (Å²) in [5.74, 6) is -0.00471. The molecule has 0 saturated heterocycles. The van der Waals surface area contributed by atoms with Crippen molar-refractivity contribution in [2.45, 2.75) is 19.1 Å². The van der Waals surface area contributed by atoms with Gasteiger partial charge in [-0.05, 0) is 6.07 Å². The molecule has 0 amide bonds. The Morgan fingerprint density at radius 3 is 2.61 bits per heavy atom. The van der Waals surface area contributed by atoms with E-state index in [1.54, 1.807) is 18.2 Å². The maximum Gasteiger partial charge on any atom is 0.396 e. The Labute approximate surface area is 102 Å². The van der Waals surface area contributed by atoms with Gasteiger partial charge in [0.15, 0.2) is 0 Å². The second-order valence-electron chi connectivity index (χ2n) is 3.89. The molecule has 1 aromatic carbocycles. The summed E-state index contributed by atoms with van der Waals surface area (Å²) in [5, 5.41) is 9.58. The van der Waals surface area contributed by atoms with Crippen molar-refractivity contribution in [1.82, 2.24) is 9.55 Å². The van der Waals surface area contributed by atoms with E-state index in [2.05, 4.69) is 4.98 Å². The van der Waals surface area contributed by atoms with Gasteiger partial charge < -0.3 is 9.67 Å². The van der Waals surface area contributed by atoms with Crippen molar-refractivity contribution in [2.75, 3.05) is 0 Å². The molecule has 1 heterocycles.